The lowest BCUT2D eigenvalue weighted by Crippen LogP contribution is -2.41. The van der Waals surface area contributed by atoms with Gasteiger partial charge in [0.05, 0.1) is 17.6 Å². The van der Waals surface area contributed by atoms with Crippen LogP contribution in [0.2, 0.25) is 0 Å². The highest BCUT2D eigenvalue weighted by molar-refractivity contribution is 7.91. The minimum absolute atomic E-state index is 0.0388. The van der Waals surface area contributed by atoms with Crippen LogP contribution in [0.25, 0.3) is 0 Å². The number of hydrogen-bond acceptors (Lipinski definition) is 4. The molecular formula is C16H29NO4S. The topological polar surface area (TPSA) is 72.5 Å². The highest BCUT2D eigenvalue weighted by Gasteiger charge is 2.32. The first-order valence-electron chi connectivity index (χ1n) is 8.38. The summed E-state index contributed by atoms with van der Waals surface area (Å²) in [7, 11) is -2.96. The predicted molar refractivity (Wildman–Crippen MR) is 86.3 cm³/mol. The normalized spacial score (nSPS) is 34.7. The first kappa shape index (κ1) is 17.7. The Hall–Kier alpha value is -0.620. The van der Waals surface area contributed by atoms with E-state index in [-0.39, 0.29) is 36.2 Å². The van der Waals surface area contributed by atoms with E-state index in [1.54, 1.807) is 0 Å². The summed E-state index contributed by atoms with van der Waals surface area (Å²) >= 11 is 0. The van der Waals surface area contributed by atoms with Crippen molar-refractivity contribution in [3.05, 3.63) is 0 Å². The molecule has 2 rings (SSSR count). The standard InChI is InChI=1S/C16H29NO4S/c1-11(2)14-5-4-12(3)8-15(14)21-9-16(18)17-13-6-7-22(19,20)10-13/h11-15H,4-10H2,1-3H3,(H,17,18). The monoisotopic (exact) mass is 331 g/mol. The summed E-state index contributed by atoms with van der Waals surface area (Å²) in [5, 5.41) is 2.79. The van der Waals surface area contributed by atoms with Gasteiger partial charge in [-0.05, 0) is 37.0 Å². The number of carbonyl (C=O) groups excluding carboxylic acids is 1. The molecule has 4 unspecified atom stereocenters. The molecule has 0 aromatic rings. The molecule has 0 bridgehead atoms. The van der Waals surface area contributed by atoms with Crippen molar-refractivity contribution in [3.63, 3.8) is 0 Å². The van der Waals surface area contributed by atoms with Crippen molar-refractivity contribution in [2.45, 2.75) is 58.6 Å². The van der Waals surface area contributed by atoms with E-state index in [9.17, 15) is 13.2 Å². The first-order chi connectivity index (χ1) is 10.3. The molecule has 5 nitrogen and oxygen atoms in total. The molecule has 1 heterocycles. The number of carbonyl (C=O) groups is 1. The molecule has 0 aromatic carbocycles. The van der Waals surface area contributed by atoms with E-state index in [1.165, 1.54) is 6.42 Å². The SMILES string of the molecule is CC1CCC(C(C)C)C(OCC(=O)NC2CCS(=O)(=O)C2)C1. The Morgan fingerprint density at radius 1 is 1.27 bits per heavy atom. The average Bonchev–Trinajstić information content (AvgIpc) is 2.75. The van der Waals surface area contributed by atoms with Crippen LogP contribution >= 0.6 is 0 Å². The Morgan fingerprint density at radius 3 is 2.59 bits per heavy atom. The molecule has 0 spiro atoms. The van der Waals surface area contributed by atoms with Crippen LogP contribution in [0.4, 0.5) is 0 Å². The van der Waals surface area contributed by atoms with Crippen LogP contribution in [0.1, 0.15) is 46.5 Å². The van der Waals surface area contributed by atoms with Crippen molar-refractivity contribution in [1.82, 2.24) is 5.32 Å². The van der Waals surface area contributed by atoms with Crippen LogP contribution in [0.5, 0.6) is 0 Å². The van der Waals surface area contributed by atoms with Gasteiger partial charge < -0.3 is 10.1 Å². The van der Waals surface area contributed by atoms with Crippen molar-refractivity contribution in [2.75, 3.05) is 18.1 Å². The summed E-state index contributed by atoms with van der Waals surface area (Å²) in [5.74, 6) is 1.75. The van der Waals surface area contributed by atoms with E-state index in [0.29, 0.717) is 24.2 Å². The molecular weight excluding hydrogens is 302 g/mol. The smallest absolute Gasteiger partial charge is 0.246 e. The molecule has 128 valence electrons. The summed E-state index contributed by atoms with van der Waals surface area (Å²) in [4.78, 5) is 12.0. The molecule has 2 fully saturated rings. The lowest BCUT2D eigenvalue weighted by molar-refractivity contribution is -0.131. The fourth-order valence-corrected chi connectivity index (χ4v) is 5.34. The van der Waals surface area contributed by atoms with E-state index >= 15 is 0 Å². The zero-order valence-electron chi connectivity index (χ0n) is 13.9. The molecule has 0 aromatic heterocycles. The van der Waals surface area contributed by atoms with Crippen LogP contribution in [-0.4, -0.2) is 44.6 Å². The largest absolute Gasteiger partial charge is 0.368 e. The second-order valence-electron chi connectivity index (χ2n) is 7.34. The Morgan fingerprint density at radius 2 is 2.00 bits per heavy atom. The van der Waals surface area contributed by atoms with Crippen LogP contribution in [0, 0.1) is 17.8 Å². The van der Waals surface area contributed by atoms with E-state index in [1.807, 2.05) is 0 Å². The number of nitrogens with one attached hydrogen (secondary N) is 1. The van der Waals surface area contributed by atoms with E-state index < -0.39 is 9.84 Å². The second kappa shape index (κ2) is 7.30. The highest BCUT2D eigenvalue weighted by Crippen LogP contribution is 2.35. The van der Waals surface area contributed by atoms with Gasteiger partial charge in [0.15, 0.2) is 9.84 Å². The first-order valence-corrected chi connectivity index (χ1v) is 10.2. The quantitative estimate of drug-likeness (QED) is 0.833. The average molecular weight is 331 g/mol. The van der Waals surface area contributed by atoms with Gasteiger partial charge in [0, 0.05) is 6.04 Å². The third-order valence-corrected chi connectivity index (χ3v) is 6.76. The molecule has 1 saturated heterocycles. The molecule has 1 amide bonds. The number of hydrogen-bond donors (Lipinski definition) is 1. The van der Waals surface area contributed by atoms with Gasteiger partial charge in [-0.25, -0.2) is 8.42 Å². The second-order valence-corrected chi connectivity index (χ2v) is 9.57. The molecule has 22 heavy (non-hydrogen) atoms. The van der Waals surface area contributed by atoms with E-state index in [2.05, 4.69) is 26.1 Å². The van der Waals surface area contributed by atoms with Gasteiger partial charge in [-0.3, -0.25) is 4.79 Å². The Kier molecular flexibility index (Phi) is 5.88. The predicted octanol–water partition coefficient (Wildman–Crippen LogP) is 1.77. The van der Waals surface area contributed by atoms with Crippen LogP contribution in [0.3, 0.4) is 0 Å². The van der Waals surface area contributed by atoms with Crippen molar-refractivity contribution >= 4 is 15.7 Å². The number of ether oxygens (including phenoxy) is 1. The molecule has 2 aliphatic rings. The molecule has 1 N–H and O–H groups in total. The minimum atomic E-state index is -2.96. The fraction of sp³-hybridized carbons (Fsp3) is 0.938. The van der Waals surface area contributed by atoms with Crippen LogP contribution in [-0.2, 0) is 19.4 Å². The Labute approximate surface area is 134 Å². The van der Waals surface area contributed by atoms with Gasteiger partial charge in [-0.15, -0.1) is 0 Å². The maximum atomic E-state index is 12.0. The minimum Gasteiger partial charge on any atom is -0.368 e. The van der Waals surface area contributed by atoms with Gasteiger partial charge in [-0.2, -0.15) is 0 Å². The molecule has 0 radical (unpaired) electrons. The summed E-state index contributed by atoms with van der Waals surface area (Å²) in [6.07, 6.45) is 4.06. The lowest BCUT2D eigenvalue weighted by Gasteiger charge is -2.37. The van der Waals surface area contributed by atoms with Gasteiger partial charge in [0.1, 0.15) is 6.61 Å². The molecule has 4 atom stereocenters. The maximum Gasteiger partial charge on any atom is 0.246 e. The fourth-order valence-electron chi connectivity index (χ4n) is 3.67. The van der Waals surface area contributed by atoms with Gasteiger partial charge in [0.2, 0.25) is 5.91 Å². The Balaban J connectivity index is 1.79. The van der Waals surface area contributed by atoms with Crippen molar-refractivity contribution in [1.29, 1.82) is 0 Å². The molecule has 1 aliphatic carbocycles. The summed E-state index contributed by atoms with van der Waals surface area (Å²) in [6.45, 7) is 6.69. The van der Waals surface area contributed by atoms with E-state index in [0.717, 1.165) is 12.8 Å². The Bertz CT molecular complexity index is 488. The van der Waals surface area contributed by atoms with Crippen LogP contribution in [0.15, 0.2) is 0 Å². The highest BCUT2D eigenvalue weighted by atomic mass is 32.2. The van der Waals surface area contributed by atoms with Gasteiger partial charge >= 0.3 is 0 Å². The summed E-state index contributed by atoms with van der Waals surface area (Å²) < 4.78 is 28.7. The number of rotatable bonds is 5. The zero-order valence-corrected chi connectivity index (χ0v) is 14.7. The van der Waals surface area contributed by atoms with E-state index in [4.69, 9.17) is 4.74 Å². The van der Waals surface area contributed by atoms with Crippen molar-refractivity contribution < 1.29 is 17.9 Å². The summed E-state index contributed by atoms with van der Waals surface area (Å²) in [6, 6.07) is -0.243. The maximum absolute atomic E-state index is 12.0. The number of sulfone groups is 1. The summed E-state index contributed by atoms with van der Waals surface area (Å²) in [5.41, 5.74) is 0. The molecule has 6 heteroatoms. The lowest BCUT2D eigenvalue weighted by atomic mass is 9.75. The van der Waals surface area contributed by atoms with Crippen molar-refractivity contribution in [2.24, 2.45) is 17.8 Å². The van der Waals surface area contributed by atoms with Crippen LogP contribution < -0.4 is 5.32 Å². The van der Waals surface area contributed by atoms with Gasteiger partial charge in [0.25, 0.3) is 0 Å². The number of amides is 1. The molecule has 1 saturated carbocycles. The third-order valence-electron chi connectivity index (χ3n) is 4.99. The molecule has 1 aliphatic heterocycles. The van der Waals surface area contributed by atoms with Gasteiger partial charge in [-0.1, -0.05) is 27.2 Å². The third kappa shape index (κ3) is 4.95. The van der Waals surface area contributed by atoms with Crippen molar-refractivity contribution in [3.8, 4) is 0 Å². The zero-order chi connectivity index (χ0) is 16.3.